The van der Waals surface area contributed by atoms with E-state index < -0.39 is 8.07 Å². The van der Waals surface area contributed by atoms with Gasteiger partial charge < -0.3 is 9.64 Å². The third-order valence-electron chi connectivity index (χ3n) is 4.34. The van der Waals surface area contributed by atoms with E-state index in [1.54, 1.807) is 9.47 Å². The minimum atomic E-state index is -1.16. The van der Waals surface area contributed by atoms with Crippen molar-refractivity contribution in [3.05, 3.63) is 16.2 Å². The lowest BCUT2D eigenvalue weighted by molar-refractivity contribution is 0.0813. The van der Waals surface area contributed by atoms with Crippen LogP contribution in [0.1, 0.15) is 32.4 Å². The van der Waals surface area contributed by atoms with Crippen molar-refractivity contribution in [2.24, 2.45) is 0 Å². The first-order chi connectivity index (χ1) is 11.8. The molecular weight excluding hydrogens is 336 g/mol. The van der Waals surface area contributed by atoms with Gasteiger partial charge in [-0.25, -0.2) is 9.59 Å². The van der Waals surface area contributed by atoms with Gasteiger partial charge in [-0.2, -0.15) is 0 Å². The summed E-state index contributed by atoms with van der Waals surface area (Å²) in [5.41, 5.74) is 0.643. The van der Waals surface area contributed by atoms with Crippen LogP contribution in [0.25, 0.3) is 0 Å². The normalized spacial score (nSPS) is 15.0. The molecule has 0 radical (unpaired) electrons. The Balaban J connectivity index is 2.20. The maximum atomic E-state index is 12.7. The van der Waals surface area contributed by atoms with E-state index in [1.807, 2.05) is 11.8 Å². The average Bonchev–Trinajstić information content (AvgIpc) is 2.83. The molecule has 1 aliphatic heterocycles. The number of urea groups is 1. The molecule has 1 N–H and O–H groups in total. The van der Waals surface area contributed by atoms with Gasteiger partial charge in [0, 0.05) is 27.8 Å². The van der Waals surface area contributed by atoms with Crippen LogP contribution in [-0.2, 0) is 18.0 Å². The molecule has 0 aliphatic carbocycles. The standard InChI is InChI=1S/C17H32N4O3Si/c1-6-8-19-12-14-15(20(9-7-2)17(19)23)18-16(22)21(14)13-24-10-11-25(3,4)5/h6-13H2,1-5H3,(H,18,22). The number of amides is 2. The fraction of sp³-hybridized carbons (Fsp3) is 0.765. The Hall–Kier alpha value is -1.54. The van der Waals surface area contributed by atoms with Crippen LogP contribution in [0.2, 0.25) is 25.7 Å². The maximum absolute atomic E-state index is 12.7. The third kappa shape index (κ3) is 4.75. The molecule has 1 aromatic rings. The molecule has 0 atom stereocenters. The SMILES string of the molecule is CCCN1Cc2c([nH]c(=O)n2COCC[Si](C)(C)C)N(CCC)C1=O. The fourth-order valence-corrected chi connectivity index (χ4v) is 3.69. The number of rotatable bonds is 9. The molecule has 0 saturated heterocycles. The molecule has 8 heteroatoms. The number of anilines is 1. The van der Waals surface area contributed by atoms with E-state index in [-0.39, 0.29) is 18.5 Å². The van der Waals surface area contributed by atoms with Crippen molar-refractivity contribution in [2.75, 3.05) is 24.6 Å². The van der Waals surface area contributed by atoms with Gasteiger partial charge in [-0.3, -0.25) is 14.5 Å². The van der Waals surface area contributed by atoms with Crippen molar-refractivity contribution in [3.8, 4) is 0 Å². The molecule has 0 spiro atoms. The highest BCUT2D eigenvalue weighted by Crippen LogP contribution is 2.26. The van der Waals surface area contributed by atoms with Crippen LogP contribution in [0.4, 0.5) is 10.6 Å². The van der Waals surface area contributed by atoms with Crippen molar-refractivity contribution in [2.45, 2.75) is 65.6 Å². The largest absolute Gasteiger partial charge is 0.361 e. The quantitative estimate of drug-likeness (QED) is 0.538. The summed E-state index contributed by atoms with van der Waals surface area (Å²) in [6.45, 7) is 13.6. The van der Waals surface area contributed by atoms with Crippen molar-refractivity contribution in [3.63, 3.8) is 0 Å². The van der Waals surface area contributed by atoms with Crippen LogP contribution >= 0.6 is 0 Å². The van der Waals surface area contributed by atoms with Crippen LogP contribution in [-0.4, -0.2) is 48.3 Å². The number of carbonyl (C=O) groups excluding carboxylic acids is 1. The second-order valence-electron chi connectivity index (χ2n) is 7.86. The van der Waals surface area contributed by atoms with E-state index in [9.17, 15) is 9.59 Å². The molecule has 0 unspecified atom stereocenters. The predicted octanol–water partition coefficient (Wildman–Crippen LogP) is 3.05. The number of carbonyl (C=O) groups is 1. The summed E-state index contributed by atoms with van der Waals surface area (Å²) < 4.78 is 7.41. The molecule has 2 amide bonds. The zero-order valence-electron chi connectivity index (χ0n) is 16.2. The van der Waals surface area contributed by atoms with Gasteiger partial charge in [-0.15, -0.1) is 0 Å². The first-order valence-electron chi connectivity index (χ1n) is 9.24. The van der Waals surface area contributed by atoms with Crippen LogP contribution < -0.4 is 10.6 Å². The summed E-state index contributed by atoms with van der Waals surface area (Å²) in [4.78, 5) is 31.4. The van der Waals surface area contributed by atoms with Gasteiger partial charge in [0.2, 0.25) is 0 Å². The molecular formula is C17H32N4O3Si. The van der Waals surface area contributed by atoms with Gasteiger partial charge in [0.25, 0.3) is 0 Å². The summed E-state index contributed by atoms with van der Waals surface area (Å²) in [5, 5.41) is 0. The van der Waals surface area contributed by atoms with Gasteiger partial charge in [0.05, 0.1) is 12.2 Å². The predicted molar refractivity (Wildman–Crippen MR) is 103 cm³/mol. The first kappa shape index (κ1) is 19.8. The molecule has 7 nitrogen and oxygen atoms in total. The van der Waals surface area contributed by atoms with Gasteiger partial charge >= 0.3 is 11.7 Å². The Bertz CT molecular complexity index is 647. The maximum Gasteiger partial charge on any atom is 0.329 e. The van der Waals surface area contributed by atoms with Crippen LogP contribution in [0.15, 0.2) is 4.79 Å². The summed E-state index contributed by atoms with van der Waals surface area (Å²) in [7, 11) is -1.16. The minimum Gasteiger partial charge on any atom is -0.361 e. The van der Waals surface area contributed by atoms with Crippen molar-refractivity contribution in [1.29, 1.82) is 0 Å². The second-order valence-corrected chi connectivity index (χ2v) is 13.5. The highest BCUT2D eigenvalue weighted by atomic mass is 28.3. The molecule has 0 saturated carbocycles. The summed E-state index contributed by atoms with van der Waals surface area (Å²) in [6.07, 6.45) is 1.73. The Morgan fingerprint density at radius 2 is 1.80 bits per heavy atom. The average molecular weight is 369 g/mol. The van der Waals surface area contributed by atoms with Crippen LogP contribution in [0.5, 0.6) is 0 Å². The zero-order valence-corrected chi connectivity index (χ0v) is 17.2. The summed E-state index contributed by atoms with van der Waals surface area (Å²) in [5.74, 6) is 0.637. The molecule has 1 aromatic heterocycles. The Morgan fingerprint density at radius 3 is 2.40 bits per heavy atom. The summed E-state index contributed by atoms with van der Waals surface area (Å²) >= 11 is 0. The number of imidazole rings is 1. The first-order valence-corrected chi connectivity index (χ1v) is 12.9. The van der Waals surface area contributed by atoms with Crippen molar-refractivity contribution >= 4 is 19.9 Å². The van der Waals surface area contributed by atoms with Gasteiger partial charge in [-0.05, 0) is 18.9 Å². The van der Waals surface area contributed by atoms with E-state index in [2.05, 4.69) is 31.5 Å². The molecule has 0 bridgehead atoms. The monoisotopic (exact) mass is 368 g/mol. The second kappa shape index (κ2) is 8.22. The Morgan fingerprint density at radius 1 is 1.12 bits per heavy atom. The van der Waals surface area contributed by atoms with Gasteiger partial charge in [0.15, 0.2) is 0 Å². The van der Waals surface area contributed by atoms with E-state index in [0.717, 1.165) is 24.6 Å². The number of aromatic amines is 1. The number of hydrogen-bond donors (Lipinski definition) is 1. The lowest BCUT2D eigenvalue weighted by Gasteiger charge is -2.35. The topological polar surface area (TPSA) is 70.6 Å². The number of fused-ring (bicyclic) bond motifs is 1. The van der Waals surface area contributed by atoms with Gasteiger partial charge in [0.1, 0.15) is 12.5 Å². The van der Waals surface area contributed by atoms with Crippen molar-refractivity contribution < 1.29 is 9.53 Å². The Kier molecular flexibility index (Phi) is 6.51. The molecule has 0 aromatic carbocycles. The minimum absolute atomic E-state index is 0.0238. The highest BCUT2D eigenvalue weighted by Gasteiger charge is 2.33. The van der Waals surface area contributed by atoms with Gasteiger partial charge in [-0.1, -0.05) is 33.5 Å². The highest BCUT2D eigenvalue weighted by molar-refractivity contribution is 6.76. The van der Waals surface area contributed by atoms with E-state index in [4.69, 9.17) is 4.74 Å². The summed E-state index contributed by atoms with van der Waals surface area (Å²) in [6, 6.07) is 1.04. The lowest BCUT2D eigenvalue weighted by atomic mass is 10.2. The molecule has 142 valence electrons. The fourth-order valence-electron chi connectivity index (χ4n) is 2.94. The molecule has 2 heterocycles. The zero-order chi connectivity index (χ0) is 18.6. The number of nitrogens with one attached hydrogen (secondary N) is 1. The number of H-pyrrole nitrogens is 1. The number of nitrogens with zero attached hydrogens (tertiary/aromatic N) is 3. The lowest BCUT2D eigenvalue weighted by Crippen LogP contribution is -2.48. The van der Waals surface area contributed by atoms with E-state index in [1.165, 1.54) is 0 Å². The number of aromatic nitrogens is 2. The van der Waals surface area contributed by atoms with E-state index in [0.29, 0.717) is 32.1 Å². The smallest absolute Gasteiger partial charge is 0.329 e. The number of ether oxygens (including phenoxy) is 1. The molecule has 0 fully saturated rings. The van der Waals surface area contributed by atoms with Crippen LogP contribution in [0.3, 0.4) is 0 Å². The molecule has 2 rings (SSSR count). The molecule has 25 heavy (non-hydrogen) atoms. The van der Waals surface area contributed by atoms with E-state index >= 15 is 0 Å². The van der Waals surface area contributed by atoms with Crippen molar-refractivity contribution in [1.82, 2.24) is 14.5 Å². The Labute approximate surface area is 151 Å². The number of hydrogen-bond acceptors (Lipinski definition) is 3. The van der Waals surface area contributed by atoms with Crippen LogP contribution in [0, 0.1) is 0 Å². The molecule has 1 aliphatic rings. The third-order valence-corrected chi connectivity index (χ3v) is 6.04.